The molecule has 54 valence electrons. The summed E-state index contributed by atoms with van der Waals surface area (Å²) in [5.74, 6) is -0.104. The molecule has 0 aliphatic carbocycles. The molecule has 0 bridgehead atoms. The van der Waals surface area contributed by atoms with Gasteiger partial charge in [0, 0.05) is 0 Å². The van der Waals surface area contributed by atoms with Crippen molar-refractivity contribution in [1.82, 2.24) is 0 Å². The minimum absolute atomic E-state index is 0.410. The van der Waals surface area contributed by atoms with E-state index in [1.165, 1.54) is 0 Å². The minimum atomic E-state index is -0.514. The van der Waals surface area contributed by atoms with E-state index in [1.54, 1.807) is 0 Å². The Hall–Kier alpha value is 0.210. The fourth-order valence-corrected chi connectivity index (χ4v) is 0.908. The minimum Gasteiger partial charge on any atom is -0.349 e. The lowest BCUT2D eigenvalue weighted by molar-refractivity contribution is -0.241. The highest BCUT2D eigenvalue weighted by Gasteiger charge is 2.27. The molecule has 1 aliphatic rings. The molecule has 0 aromatic carbocycles. The van der Waals surface area contributed by atoms with Crippen LogP contribution in [0.1, 0.15) is 13.3 Å². The zero-order chi connectivity index (χ0) is 6.74. The van der Waals surface area contributed by atoms with Crippen LogP contribution in [-0.2, 0) is 9.47 Å². The largest absolute Gasteiger partial charge is 0.349 e. The molecule has 9 heavy (non-hydrogen) atoms. The van der Waals surface area contributed by atoms with Gasteiger partial charge in [0.1, 0.15) is 0 Å². The van der Waals surface area contributed by atoms with Crippen LogP contribution >= 0.6 is 11.6 Å². The number of hydrogen-bond donors (Lipinski definition) is 0. The molecular weight excluding hydrogens is 140 g/mol. The van der Waals surface area contributed by atoms with E-state index in [-0.39, 0.29) is 0 Å². The average molecular weight is 151 g/mol. The first-order chi connectivity index (χ1) is 4.27. The Morgan fingerprint density at radius 2 is 2.00 bits per heavy atom. The van der Waals surface area contributed by atoms with E-state index >= 15 is 0 Å². The molecule has 3 heteroatoms. The highest BCUT2D eigenvalue weighted by atomic mass is 35.5. The Bertz CT molecular complexity index is 89.1. The molecule has 0 unspecified atom stereocenters. The Morgan fingerprint density at radius 1 is 1.44 bits per heavy atom. The van der Waals surface area contributed by atoms with E-state index in [4.69, 9.17) is 21.1 Å². The third kappa shape index (κ3) is 1.81. The van der Waals surface area contributed by atoms with Crippen molar-refractivity contribution in [3.63, 3.8) is 0 Å². The SMILES string of the molecule is CC1(CCl)OCCCO1. The molecule has 1 rings (SSSR count). The highest BCUT2D eigenvalue weighted by Crippen LogP contribution is 2.18. The van der Waals surface area contributed by atoms with Gasteiger partial charge in [-0.05, 0) is 13.3 Å². The maximum atomic E-state index is 5.57. The Kier molecular flexibility index (Phi) is 2.33. The smallest absolute Gasteiger partial charge is 0.178 e. The average Bonchev–Trinajstić information content (AvgIpc) is 1.90. The molecule has 0 amide bonds. The molecule has 0 spiro atoms. The molecule has 2 nitrogen and oxygen atoms in total. The van der Waals surface area contributed by atoms with Gasteiger partial charge >= 0.3 is 0 Å². The molecular formula is C6H11ClO2. The number of ether oxygens (including phenoxy) is 2. The van der Waals surface area contributed by atoms with Crippen molar-refractivity contribution >= 4 is 11.6 Å². The monoisotopic (exact) mass is 150 g/mol. The van der Waals surface area contributed by atoms with Crippen molar-refractivity contribution in [3.8, 4) is 0 Å². The van der Waals surface area contributed by atoms with E-state index in [1.807, 2.05) is 6.92 Å². The van der Waals surface area contributed by atoms with Crippen LogP contribution in [0.3, 0.4) is 0 Å². The molecule has 1 aliphatic heterocycles. The van der Waals surface area contributed by atoms with Crippen LogP contribution in [0.25, 0.3) is 0 Å². The predicted octanol–water partition coefficient (Wildman–Crippen LogP) is 1.38. The van der Waals surface area contributed by atoms with E-state index in [2.05, 4.69) is 0 Å². The van der Waals surface area contributed by atoms with Crippen LogP contribution in [0, 0.1) is 0 Å². The van der Waals surface area contributed by atoms with E-state index in [9.17, 15) is 0 Å². The van der Waals surface area contributed by atoms with Gasteiger partial charge in [-0.1, -0.05) is 0 Å². The Morgan fingerprint density at radius 3 is 2.33 bits per heavy atom. The third-order valence-corrected chi connectivity index (χ3v) is 1.83. The first-order valence-corrected chi connectivity index (χ1v) is 3.64. The zero-order valence-electron chi connectivity index (χ0n) is 5.52. The number of alkyl halides is 1. The van der Waals surface area contributed by atoms with Crippen molar-refractivity contribution in [3.05, 3.63) is 0 Å². The highest BCUT2D eigenvalue weighted by molar-refractivity contribution is 6.18. The third-order valence-electron chi connectivity index (χ3n) is 1.35. The lowest BCUT2D eigenvalue weighted by Gasteiger charge is -2.31. The number of halogens is 1. The van der Waals surface area contributed by atoms with Crippen molar-refractivity contribution in [1.29, 1.82) is 0 Å². The van der Waals surface area contributed by atoms with E-state index in [0.29, 0.717) is 5.88 Å². The second-order valence-electron chi connectivity index (χ2n) is 2.32. The summed E-state index contributed by atoms with van der Waals surface area (Å²) < 4.78 is 10.5. The second-order valence-corrected chi connectivity index (χ2v) is 2.59. The summed E-state index contributed by atoms with van der Waals surface area (Å²) in [6.45, 7) is 3.39. The first kappa shape index (κ1) is 7.32. The fraction of sp³-hybridized carbons (Fsp3) is 1.00. The molecule has 0 radical (unpaired) electrons. The number of rotatable bonds is 1. The van der Waals surface area contributed by atoms with Gasteiger partial charge in [-0.3, -0.25) is 0 Å². The van der Waals surface area contributed by atoms with Crippen LogP contribution in [0.4, 0.5) is 0 Å². The van der Waals surface area contributed by atoms with Crippen LogP contribution in [0.2, 0.25) is 0 Å². The molecule has 1 saturated heterocycles. The van der Waals surface area contributed by atoms with Crippen molar-refractivity contribution < 1.29 is 9.47 Å². The van der Waals surface area contributed by atoms with Gasteiger partial charge in [0.2, 0.25) is 0 Å². The lowest BCUT2D eigenvalue weighted by atomic mass is 10.3. The van der Waals surface area contributed by atoms with Gasteiger partial charge < -0.3 is 9.47 Å². The summed E-state index contributed by atoms with van der Waals surface area (Å²) in [5.41, 5.74) is 0. The molecule has 1 heterocycles. The lowest BCUT2D eigenvalue weighted by Crippen LogP contribution is -2.39. The summed E-state index contributed by atoms with van der Waals surface area (Å²) in [7, 11) is 0. The van der Waals surface area contributed by atoms with Crippen molar-refractivity contribution in [2.24, 2.45) is 0 Å². The fourth-order valence-electron chi connectivity index (χ4n) is 0.754. The standard InChI is InChI=1S/C6H11ClO2/c1-6(5-7)8-3-2-4-9-6/h2-5H2,1H3. The molecule has 0 atom stereocenters. The molecule has 0 saturated carbocycles. The number of hydrogen-bond acceptors (Lipinski definition) is 2. The van der Waals surface area contributed by atoms with Crippen molar-refractivity contribution in [2.45, 2.75) is 19.1 Å². The summed E-state index contributed by atoms with van der Waals surface area (Å²) in [4.78, 5) is 0. The van der Waals surface area contributed by atoms with Crippen molar-refractivity contribution in [2.75, 3.05) is 19.1 Å². The van der Waals surface area contributed by atoms with Gasteiger partial charge in [0.05, 0.1) is 19.1 Å². The summed E-state index contributed by atoms with van der Waals surface area (Å²) in [6.07, 6.45) is 0.979. The van der Waals surface area contributed by atoms with Crippen LogP contribution in [0.5, 0.6) is 0 Å². The second kappa shape index (κ2) is 2.86. The summed E-state index contributed by atoms with van der Waals surface area (Å²) >= 11 is 5.57. The molecule has 0 N–H and O–H groups in total. The quantitative estimate of drug-likeness (QED) is 0.526. The zero-order valence-corrected chi connectivity index (χ0v) is 6.28. The van der Waals surface area contributed by atoms with E-state index in [0.717, 1.165) is 19.6 Å². The molecule has 1 fully saturated rings. The van der Waals surface area contributed by atoms with Gasteiger partial charge in [-0.15, -0.1) is 11.6 Å². The van der Waals surface area contributed by atoms with Gasteiger partial charge in [0.15, 0.2) is 5.79 Å². The van der Waals surface area contributed by atoms with Gasteiger partial charge in [-0.2, -0.15) is 0 Å². The van der Waals surface area contributed by atoms with Crippen LogP contribution in [0.15, 0.2) is 0 Å². The first-order valence-electron chi connectivity index (χ1n) is 3.11. The molecule has 0 aromatic heterocycles. The summed E-state index contributed by atoms with van der Waals surface area (Å²) in [5, 5.41) is 0. The van der Waals surface area contributed by atoms with Gasteiger partial charge in [-0.25, -0.2) is 0 Å². The summed E-state index contributed by atoms with van der Waals surface area (Å²) in [6, 6.07) is 0. The topological polar surface area (TPSA) is 18.5 Å². The predicted molar refractivity (Wildman–Crippen MR) is 35.6 cm³/mol. The van der Waals surface area contributed by atoms with Crippen LogP contribution in [-0.4, -0.2) is 24.9 Å². The van der Waals surface area contributed by atoms with E-state index < -0.39 is 5.79 Å². The normalized spacial score (nSPS) is 26.0. The maximum Gasteiger partial charge on any atom is 0.178 e. The maximum absolute atomic E-state index is 5.57. The van der Waals surface area contributed by atoms with Crippen LogP contribution < -0.4 is 0 Å². The van der Waals surface area contributed by atoms with Gasteiger partial charge in [0.25, 0.3) is 0 Å². The molecule has 0 aromatic rings. The Labute approximate surface area is 60.1 Å². The Balaban J connectivity index is 2.37.